The first-order chi connectivity index (χ1) is 9.52. The lowest BCUT2D eigenvalue weighted by Gasteiger charge is -2.15. The first-order valence-corrected chi connectivity index (χ1v) is 6.27. The van der Waals surface area contributed by atoms with E-state index in [2.05, 4.69) is 5.32 Å². The van der Waals surface area contributed by atoms with E-state index < -0.39 is 12.1 Å². The van der Waals surface area contributed by atoms with Crippen LogP contribution < -0.4 is 10.1 Å². The first kappa shape index (κ1) is 16.0. The van der Waals surface area contributed by atoms with Gasteiger partial charge in [0.2, 0.25) is 0 Å². The highest BCUT2D eigenvalue weighted by Crippen LogP contribution is 2.15. The van der Waals surface area contributed by atoms with Crippen LogP contribution in [0.15, 0.2) is 24.3 Å². The molecule has 1 unspecified atom stereocenters. The van der Waals surface area contributed by atoms with Gasteiger partial charge < -0.3 is 19.9 Å². The minimum absolute atomic E-state index is 0.0778. The summed E-state index contributed by atoms with van der Waals surface area (Å²) in [4.78, 5) is 22.3. The highest BCUT2D eigenvalue weighted by atomic mass is 16.5. The number of carbonyl (C=O) groups is 2. The number of carbonyl (C=O) groups excluding carboxylic acids is 1. The molecule has 2 N–H and O–H groups in total. The van der Waals surface area contributed by atoms with E-state index in [1.54, 1.807) is 38.3 Å². The van der Waals surface area contributed by atoms with E-state index in [4.69, 9.17) is 14.6 Å². The zero-order chi connectivity index (χ0) is 15.0. The maximum absolute atomic E-state index is 11.7. The fraction of sp³-hybridized carbons (Fsp3) is 0.429. The maximum Gasteiger partial charge on any atom is 0.307 e. The Hall–Kier alpha value is -2.08. The van der Waals surface area contributed by atoms with Crippen molar-refractivity contribution in [3.8, 4) is 5.75 Å². The summed E-state index contributed by atoms with van der Waals surface area (Å²) in [6, 6.07) is 6.70. The Kier molecular flexibility index (Phi) is 6.52. The smallest absolute Gasteiger partial charge is 0.307 e. The predicted octanol–water partition coefficient (Wildman–Crippen LogP) is 0.844. The average molecular weight is 281 g/mol. The lowest BCUT2D eigenvalue weighted by Crippen LogP contribution is -2.37. The minimum atomic E-state index is -0.910. The molecular weight excluding hydrogens is 262 g/mol. The molecule has 0 heterocycles. The van der Waals surface area contributed by atoms with Crippen molar-refractivity contribution in [1.29, 1.82) is 0 Å². The molecule has 0 aliphatic heterocycles. The zero-order valence-electron chi connectivity index (χ0n) is 11.6. The second-order valence-electron chi connectivity index (χ2n) is 4.26. The van der Waals surface area contributed by atoms with Crippen molar-refractivity contribution < 1.29 is 24.2 Å². The number of carboxylic acids is 1. The number of carboxylic acid groups (broad SMARTS) is 1. The maximum atomic E-state index is 11.7. The molecule has 110 valence electrons. The molecule has 0 aromatic heterocycles. The van der Waals surface area contributed by atoms with Crippen molar-refractivity contribution in [1.82, 2.24) is 5.32 Å². The summed E-state index contributed by atoms with van der Waals surface area (Å²) in [5, 5.41) is 11.4. The molecule has 0 aliphatic rings. The number of hydrogen-bond acceptors (Lipinski definition) is 4. The van der Waals surface area contributed by atoms with E-state index in [1.165, 1.54) is 0 Å². The molecule has 6 nitrogen and oxygen atoms in total. The fourth-order valence-corrected chi connectivity index (χ4v) is 1.58. The van der Waals surface area contributed by atoms with E-state index in [1.807, 2.05) is 0 Å². The number of amides is 1. The van der Waals surface area contributed by atoms with E-state index in [0.29, 0.717) is 24.5 Å². The van der Waals surface area contributed by atoms with E-state index >= 15 is 0 Å². The van der Waals surface area contributed by atoms with Crippen molar-refractivity contribution in [3.05, 3.63) is 29.8 Å². The van der Waals surface area contributed by atoms with Crippen LogP contribution in [0.4, 0.5) is 0 Å². The van der Waals surface area contributed by atoms with Gasteiger partial charge in [0.05, 0.1) is 13.0 Å². The largest absolute Gasteiger partial charge is 0.481 e. The van der Waals surface area contributed by atoms with Crippen LogP contribution >= 0.6 is 0 Å². The average Bonchev–Trinajstić information content (AvgIpc) is 2.38. The third-order valence-electron chi connectivity index (χ3n) is 2.54. The number of nitrogens with one attached hydrogen (secondary N) is 1. The van der Waals surface area contributed by atoms with Gasteiger partial charge in [-0.15, -0.1) is 0 Å². The van der Waals surface area contributed by atoms with Gasteiger partial charge in [0.25, 0.3) is 5.91 Å². The van der Waals surface area contributed by atoms with Gasteiger partial charge in [0.1, 0.15) is 5.75 Å². The SMILES string of the molecule is COCCNC(=O)C(C)Oc1cccc(CC(=O)O)c1. The van der Waals surface area contributed by atoms with Gasteiger partial charge in [-0.25, -0.2) is 0 Å². The Morgan fingerprint density at radius 2 is 2.15 bits per heavy atom. The summed E-state index contributed by atoms with van der Waals surface area (Å²) < 4.78 is 10.3. The van der Waals surface area contributed by atoms with Crippen LogP contribution in [0.25, 0.3) is 0 Å². The molecule has 1 amide bonds. The van der Waals surface area contributed by atoms with Crippen molar-refractivity contribution in [2.45, 2.75) is 19.4 Å². The number of benzene rings is 1. The molecule has 0 saturated heterocycles. The molecule has 1 atom stereocenters. The number of rotatable bonds is 8. The lowest BCUT2D eigenvalue weighted by molar-refractivity contribution is -0.136. The summed E-state index contributed by atoms with van der Waals surface area (Å²) in [6.45, 7) is 2.49. The van der Waals surface area contributed by atoms with Crippen molar-refractivity contribution in [2.24, 2.45) is 0 Å². The number of methoxy groups -OCH3 is 1. The second-order valence-corrected chi connectivity index (χ2v) is 4.26. The van der Waals surface area contributed by atoms with E-state index in [-0.39, 0.29) is 12.3 Å². The minimum Gasteiger partial charge on any atom is -0.481 e. The Labute approximate surface area is 117 Å². The highest BCUT2D eigenvalue weighted by Gasteiger charge is 2.14. The molecular formula is C14H19NO5. The standard InChI is InChI=1S/C14H19NO5/c1-10(14(18)15-6-7-19-2)20-12-5-3-4-11(8-12)9-13(16)17/h3-5,8,10H,6-7,9H2,1-2H3,(H,15,18)(H,16,17). The van der Waals surface area contributed by atoms with Gasteiger partial charge in [-0.1, -0.05) is 12.1 Å². The summed E-state index contributed by atoms with van der Waals surface area (Å²) >= 11 is 0. The van der Waals surface area contributed by atoms with Gasteiger partial charge in [0.15, 0.2) is 6.10 Å². The van der Waals surface area contributed by atoms with Crippen LogP contribution in [0.5, 0.6) is 5.75 Å². The van der Waals surface area contributed by atoms with Crippen LogP contribution in [0.3, 0.4) is 0 Å². The van der Waals surface area contributed by atoms with Crippen LogP contribution in [0.2, 0.25) is 0 Å². The van der Waals surface area contributed by atoms with Crippen molar-refractivity contribution >= 4 is 11.9 Å². The third-order valence-corrected chi connectivity index (χ3v) is 2.54. The lowest BCUT2D eigenvalue weighted by atomic mass is 10.1. The van der Waals surface area contributed by atoms with E-state index in [0.717, 1.165) is 0 Å². The number of aliphatic carboxylic acids is 1. The molecule has 20 heavy (non-hydrogen) atoms. The topological polar surface area (TPSA) is 84.9 Å². The third kappa shape index (κ3) is 5.71. The first-order valence-electron chi connectivity index (χ1n) is 6.27. The van der Waals surface area contributed by atoms with Gasteiger partial charge in [-0.05, 0) is 24.6 Å². The second kappa shape index (κ2) is 8.16. The monoisotopic (exact) mass is 281 g/mol. The van der Waals surface area contributed by atoms with Crippen LogP contribution in [-0.2, 0) is 20.7 Å². The zero-order valence-corrected chi connectivity index (χ0v) is 11.6. The van der Waals surface area contributed by atoms with Gasteiger partial charge in [-0.2, -0.15) is 0 Å². The molecule has 0 aliphatic carbocycles. The van der Waals surface area contributed by atoms with E-state index in [9.17, 15) is 9.59 Å². The quantitative estimate of drug-likeness (QED) is 0.690. The predicted molar refractivity (Wildman–Crippen MR) is 72.8 cm³/mol. The normalized spacial score (nSPS) is 11.7. The summed E-state index contributed by atoms with van der Waals surface area (Å²) in [6.07, 6.45) is -0.738. The van der Waals surface area contributed by atoms with Crippen molar-refractivity contribution in [3.63, 3.8) is 0 Å². The Morgan fingerprint density at radius 3 is 2.80 bits per heavy atom. The molecule has 0 bridgehead atoms. The summed E-state index contributed by atoms with van der Waals surface area (Å²) in [5.41, 5.74) is 0.627. The molecule has 1 aromatic carbocycles. The Bertz CT molecular complexity index is 461. The summed E-state index contributed by atoms with van der Waals surface area (Å²) in [7, 11) is 1.56. The molecule has 0 saturated carbocycles. The van der Waals surface area contributed by atoms with Gasteiger partial charge >= 0.3 is 5.97 Å². The molecule has 1 aromatic rings. The Balaban J connectivity index is 2.54. The fourth-order valence-electron chi connectivity index (χ4n) is 1.58. The Morgan fingerprint density at radius 1 is 1.40 bits per heavy atom. The number of hydrogen-bond donors (Lipinski definition) is 2. The molecule has 0 fully saturated rings. The molecule has 0 spiro atoms. The van der Waals surface area contributed by atoms with Gasteiger partial charge in [-0.3, -0.25) is 9.59 Å². The van der Waals surface area contributed by atoms with Crippen LogP contribution in [0, 0.1) is 0 Å². The van der Waals surface area contributed by atoms with Crippen LogP contribution in [-0.4, -0.2) is 43.3 Å². The summed E-state index contributed by atoms with van der Waals surface area (Å²) in [5.74, 6) is -0.684. The highest BCUT2D eigenvalue weighted by molar-refractivity contribution is 5.80. The molecule has 6 heteroatoms. The van der Waals surface area contributed by atoms with Gasteiger partial charge in [0, 0.05) is 13.7 Å². The van der Waals surface area contributed by atoms with Crippen LogP contribution in [0.1, 0.15) is 12.5 Å². The number of ether oxygens (including phenoxy) is 2. The molecule has 0 radical (unpaired) electrons. The van der Waals surface area contributed by atoms with Crippen molar-refractivity contribution in [2.75, 3.05) is 20.3 Å². The molecule has 1 rings (SSSR count).